The normalized spacial score (nSPS) is 12.8. The minimum absolute atomic E-state index is 0.275. The Morgan fingerprint density at radius 2 is 2.25 bits per heavy atom. The minimum Gasteiger partial charge on any atom is -0.491 e. The maximum Gasteiger partial charge on any atom is 0.120 e. The van der Waals surface area contributed by atoms with Gasteiger partial charge in [0, 0.05) is 25.1 Å². The van der Waals surface area contributed by atoms with Gasteiger partial charge in [0.25, 0.3) is 0 Å². The average molecular weight is 289 g/mol. The van der Waals surface area contributed by atoms with Gasteiger partial charge in [-0.05, 0) is 18.2 Å². The van der Waals surface area contributed by atoms with E-state index in [1.165, 1.54) is 0 Å². The molecule has 0 amide bonds. The van der Waals surface area contributed by atoms with Gasteiger partial charge in [-0.1, -0.05) is 22.0 Å². The lowest BCUT2D eigenvalue weighted by Crippen LogP contribution is -2.39. The molecule has 16 heavy (non-hydrogen) atoms. The molecule has 4 nitrogen and oxygen atoms in total. The van der Waals surface area contributed by atoms with E-state index in [0.29, 0.717) is 6.54 Å². The molecule has 90 valence electrons. The summed E-state index contributed by atoms with van der Waals surface area (Å²) in [6, 6.07) is 7.55. The van der Waals surface area contributed by atoms with Crippen LogP contribution in [0.15, 0.2) is 28.7 Å². The Balaban J connectivity index is 2.28. The molecule has 0 aliphatic carbocycles. The lowest BCUT2D eigenvalue weighted by Gasteiger charge is -2.16. The molecule has 1 rings (SSSR count). The molecule has 0 heterocycles. The SMILES string of the molecule is CN(C)NCC(O)COc1cccc(Br)c1. The second-order valence-corrected chi connectivity index (χ2v) is 4.59. The van der Waals surface area contributed by atoms with Crippen LogP contribution in [0, 0.1) is 0 Å². The molecule has 0 saturated heterocycles. The molecule has 0 saturated carbocycles. The second-order valence-electron chi connectivity index (χ2n) is 3.68. The molecule has 1 aromatic carbocycles. The molecule has 1 aromatic rings. The van der Waals surface area contributed by atoms with E-state index in [-0.39, 0.29) is 6.61 Å². The van der Waals surface area contributed by atoms with Crippen LogP contribution in [0.25, 0.3) is 0 Å². The highest BCUT2D eigenvalue weighted by atomic mass is 79.9. The van der Waals surface area contributed by atoms with Gasteiger partial charge in [0.1, 0.15) is 18.5 Å². The van der Waals surface area contributed by atoms with E-state index < -0.39 is 6.10 Å². The van der Waals surface area contributed by atoms with E-state index in [9.17, 15) is 5.11 Å². The molecular formula is C11H17BrN2O2. The number of hydrazine groups is 1. The number of rotatable bonds is 6. The highest BCUT2D eigenvalue weighted by Gasteiger charge is 2.05. The number of hydrogen-bond donors (Lipinski definition) is 2. The largest absolute Gasteiger partial charge is 0.491 e. The number of ether oxygens (including phenoxy) is 1. The number of nitrogens with one attached hydrogen (secondary N) is 1. The summed E-state index contributed by atoms with van der Waals surface area (Å²) in [6.45, 7) is 0.748. The quantitative estimate of drug-likeness (QED) is 0.774. The molecule has 5 heteroatoms. The predicted molar refractivity (Wildman–Crippen MR) is 67.3 cm³/mol. The molecule has 0 spiro atoms. The van der Waals surface area contributed by atoms with Crippen molar-refractivity contribution >= 4 is 15.9 Å². The Morgan fingerprint density at radius 3 is 2.88 bits per heavy atom. The minimum atomic E-state index is -0.526. The summed E-state index contributed by atoms with van der Waals surface area (Å²) in [5.41, 5.74) is 2.99. The van der Waals surface area contributed by atoms with Crippen LogP contribution < -0.4 is 10.2 Å². The maximum absolute atomic E-state index is 9.60. The number of halogens is 1. The fraction of sp³-hybridized carbons (Fsp3) is 0.455. The lowest BCUT2D eigenvalue weighted by atomic mass is 10.3. The van der Waals surface area contributed by atoms with E-state index in [2.05, 4.69) is 21.4 Å². The summed E-state index contributed by atoms with van der Waals surface area (Å²) in [5, 5.41) is 11.4. The maximum atomic E-state index is 9.60. The average Bonchev–Trinajstić information content (AvgIpc) is 2.23. The molecule has 0 bridgehead atoms. The molecule has 0 radical (unpaired) electrons. The predicted octanol–water partition coefficient (Wildman–Crippen LogP) is 1.25. The van der Waals surface area contributed by atoms with E-state index >= 15 is 0 Å². The van der Waals surface area contributed by atoms with Gasteiger partial charge in [-0.15, -0.1) is 0 Å². The molecule has 0 aliphatic heterocycles. The summed E-state index contributed by atoms with van der Waals surface area (Å²) in [5.74, 6) is 0.748. The van der Waals surface area contributed by atoms with Crippen molar-refractivity contribution in [2.45, 2.75) is 6.10 Å². The van der Waals surface area contributed by atoms with E-state index in [0.717, 1.165) is 10.2 Å². The van der Waals surface area contributed by atoms with Crippen LogP contribution in [0.5, 0.6) is 5.75 Å². The van der Waals surface area contributed by atoms with E-state index in [1.54, 1.807) is 5.01 Å². The van der Waals surface area contributed by atoms with Crippen LogP contribution in [-0.2, 0) is 0 Å². The van der Waals surface area contributed by atoms with Gasteiger partial charge in [0.2, 0.25) is 0 Å². The van der Waals surface area contributed by atoms with Gasteiger partial charge < -0.3 is 9.84 Å². The molecule has 2 N–H and O–H groups in total. The van der Waals surface area contributed by atoms with Crippen molar-refractivity contribution in [2.24, 2.45) is 0 Å². The van der Waals surface area contributed by atoms with Crippen molar-refractivity contribution < 1.29 is 9.84 Å². The third kappa shape index (κ3) is 5.46. The number of nitrogens with zero attached hydrogens (tertiary/aromatic N) is 1. The standard InChI is InChI=1S/C11H17BrN2O2/c1-14(2)13-7-10(15)8-16-11-5-3-4-9(12)6-11/h3-6,10,13,15H,7-8H2,1-2H3. The van der Waals surface area contributed by atoms with Crippen LogP contribution in [0.3, 0.4) is 0 Å². The summed E-state index contributed by atoms with van der Waals surface area (Å²) in [7, 11) is 3.75. The number of aliphatic hydroxyl groups is 1. The van der Waals surface area contributed by atoms with Crippen molar-refractivity contribution in [3.05, 3.63) is 28.7 Å². The zero-order chi connectivity index (χ0) is 12.0. The number of hydrogen-bond acceptors (Lipinski definition) is 4. The number of aliphatic hydroxyl groups excluding tert-OH is 1. The van der Waals surface area contributed by atoms with Crippen LogP contribution in [0.2, 0.25) is 0 Å². The van der Waals surface area contributed by atoms with Gasteiger partial charge in [0.05, 0.1) is 0 Å². The van der Waals surface area contributed by atoms with Crippen molar-refractivity contribution in [1.29, 1.82) is 0 Å². The van der Waals surface area contributed by atoms with E-state index in [4.69, 9.17) is 4.74 Å². The second kappa shape index (κ2) is 6.85. The summed E-state index contributed by atoms with van der Waals surface area (Å²) < 4.78 is 6.41. The fourth-order valence-electron chi connectivity index (χ4n) is 1.10. The molecule has 0 aliphatic rings. The van der Waals surface area contributed by atoms with Crippen LogP contribution in [-0.4, -0.2) is 43.5 Å². The highest BCUT2D eigenvalue weighted by molar-refractivity contribution is 9.10. The first kappa shape index (κ1) is 13.4. The third-order valence-electron chi connectivity index (χ3n) is 1.88. The third-order valence-corrected chi connectivity index (χ3v) is 2.37. The lowest BCUT2D eigenvalue weighted by molar-refractivity contribution is 0.0884. The van der Waals surface area contributed by atoms with E-state index in [1.807, 2.05) is 38.4 Å². The Bertz CT molecular complexity index is 321. The Hall–Kier alpha value is -0.620. The summed E-state index contributed by atoms with van der Waals surface area (Å²) >= 11 is 3.36. The van der Waals surface area contributed by atoms with Gasteiger partial charge in [-0.25, -0.2) is 0 Å². The van der Waals surface area contributed by atoms with Gasteiger partial charge in [-0.3, -0.25) is 10.4 Å². The van der Waals surface area contributed by atoms with Crippen molar-refractivity contribution in [3.63, 3.8) is 0 Å². The first-order chi connectivity index (χ1) is 7.58. The summed E-state index contributed by atoms with van der Waals surface area (Å²) in [6.07, 6.45) is -0.526. The van der Waals surface area contributed by atoms with Crippen molar-refractivity contribution in [3.8, 4) is 5.75 Å². The highest BCUT2D eigenvalue weighted by Crippen LogP contribution is 2.17. The molecular weight excluding hydrogens is 272 g/mol. The Kier molecular flexibility index (Phi) is 5.76. The fourth-order valence-corrected chi connectivity index (χ4v) is 1.47. The molecule has 1 atom stereocenters. The van der Waals surface area contributed by atoms with Gasteiger partial charge in [-0.2, -0.15) is 0 Å². The van der Waals surface area contributed by atoms with Crippen LogP contribution in [0.4, 0.5) is 0 Å². The molecule has 0 aromatic heterocycles. The zero-order valence-corrected chi connectivity index (χ0v) is 11.1. The van der Waals surface area contributed by atoms with Crippen LogP contribution >= 0.6 is 15.9 Å². The first-order valence-electron chi connectivity index (χ1n) is 5.05. The topological polar surface area (TPSA) is 44.7 Å². The monoisotopic (exact) mass is 288 g/mol. The van der Waals surface area contributed by atoms with Crippen molar-refractivity contribution in [2.75, 3.05) is 27.2 Å². The Morgan fingerprint density at radius 1 is 1.50 bits per heavy atom. The Labute approximate surface area is 104 Å². The molecule has 0 fully saturated rings. The smallest absolute Gasteiger partial charge is 0.120 e. The van der Waals surface area contributed by atoms with Crippen molar-refractivity contribution in [1.82, 2.24) is 10.4 Å². The zero-order valence-electron chi connectivity index (χ0n) is 9.48. The number of benzene rings is 1. The van der Waals surface area contributed by atoms with Gasteiger partial charge >= 0.3 is 0 Å². The first-order valence-corrected chi connectivity index (χ1v) is 5.84. The molecule has 1 unspecified atom stereocenters. The summed E-state index contributed by atoms with van der Waals surface area (Å²) in [4.78, 5) is 0. The van der Waals surface area contributed by atoms with Crippen LogP contribution in [0.1, 0.15) is 0 Å². The van der Waals surface area contributed by atoms with Gasteiger partial charge in [0.15, 0.2) is 0 Å².